The van der Waals surface area contributed by atoms with Gasteiger partial charge in [-0.1, -0.05) is 12.1 Å². The van der Waals surface area contributed by atoms with Crippen molar-refractivity contribution in [3.8, 4) is 0 Å². The zero-order valence-electron chi connectivity index (χ0n) is 17.5. The molecule has 3 amide bonds. The lowest BCUT2D eigenvalue weighted by atomic mass is 10.0. The number of amides is 3. The maximum atomic E-state index is 12.8. The number of hydrogen-bond acceptors (Lipinski definition) is 5. The molecule has 2 N–H and O–H groups in total. The maximum Gasteiger partial charge on any atom is 0.410 e. The lowest BCUT2D eigenvalue weighted by Gasteiger charge is -2.33. The summed E-state index contributed by atoms with van der Waals surface area (Å²) in [4.78, 5) is 40.0. The van der Waals surface area contributed by atoms with Crippen molar-refractivity contribution < 1.29 is 19.1 Å². The van der Waals surface area contributed by atoms with Crippen molar-refractivity contribution in [3.05, 3.63) is 24.3 Å². The van der Waals surface area contributed by atoms with Gasteiger partial charge in [-0.15, -0.1) is 11.8 Å². The van der Waals surface area contributed by atoms with E-state index in [2.05, 4.69) is 10.6 Å². The van der Waals surface area contributed by atoms with Gasteiger partial charge in [0.25, 0.3) is 0 Å². The predicted octanol–water partition coefficient (Wildman–Crippen LogP) is 3.25. The highest BCUT2D eigenvalue weighted by Gasteiger charge is 2.41. The first kappa shape index (κ1) is 22.1. The number of ether oxygens (including phenoxy) is 1. The van der Waals surface area contributed by atoms with Gasteiger partial charge in [-0.3, -0.25) is 14.5 Å². The van der Waals surface area contributed by atoms with Gasteiger partial charge in [0.05, 0.1) is 5.69 Å². The van der Waals surface area contributed by atoms with E-state index in [4.69, 9.17) is 4.74 Å². The number of hydrogen-bond donors (Lipinski definition) is 2. The summed E-state index contributed by atoms with van der Waals surface area (Å²) < 4.78 is 4.72. The van der Waals surface area contributed by atoms with Crippen LogP contribution in [-0.4, -0.2) is 52.3 Å². The fourth-order valence-electron chi connectivity index (χ4n) is 2.69. The Kier molecular flexibility index (Phi) is 6.33. The maximum absolute atomic E-state index is 12.8. The van der Waals surface area contributed by atoms with Crippen LogP contribution >= 0.6 is 11.8 Å². The molecule has 2 unspecified atom stereocenters. The van der Waals surface area contributed by atoms with Crippen molar-refractivity contribution in [2.45, 2.75) is 68.9 Å². The fourth-order valence-corrected chi connectivity index (χ4v) is 3.92. The molecule has 0 aromatic heterocycles. The summed E-state index contributed by atoms with van der Waals surface area (Å²) in [7, 11) is 1.50. The van der Waals surface area contributed by atoms with Crippen LogP contribution in [0.3, 0.4) is 0 Å². The zero-order chi connectivity index (χ0) is 21.3. The third-order valence-electron chi connectivity index (χ3n) is 4.40. The predicted molar refractivity (Wildman–Crippen MR) is 110 cm³/mol. The number of likely N-dealkylation sites (N-methyl/N-ethyl adjacent to an activating group) is 1. The summed E-state index contributed by atoms with van der Waals surface area (Å²) >= 11 is 1.52. The molecule has 2 rings (SSSR count). The van der Waals surface area contributed by atoms with Crippen LogP contribution in [0, 0.1) is 0 Å². The minimum absolute atomic E-state index is 0.289. The Morgan fingerprint density at radius 1 is 1.29 bits per heavy atom. The molecular weight excluding hydrogens is 378 g/mol. The molecule has 0 radical (unpaired) electrons. The van der Waals surface area contributed by atoms with Crippen molar-refractivity contribution in [1.82, 2.24) is 10.2 Å². The molecule has 0 fully saturated rings. The van der Waals surface area contributed by atoms with E-state index in [0.29, 0.717) is 0 Å². The van der Waals surface area contributed by atoms with Gasteiger partial charge in [-0.25, -0.2) is 4.79 Å². The summed E-state index contributed by atoms with van der Waals surface area (Å²) in [5, 5.41) is 5.69. The SMILES string of the molecule is CC(C(=O)NC1C(=O)Nc2ccccc2SC1(C)C)N(C)C(=O)OC(C)(C)C. The van der Waals surface area contributed by atoms with Gasteiger partial charge in [0.15, 0.2) is 0 Å². The second kappa shape index (κ2) is 8.03. The van der Waals surface area contributed by atoms with E-state index >= 15 is 0 Å². The topological polar surface area (TPSA) is 87.7 Å². The third kappa shape index (κ3) is 5.19. The van der Waals surface area contributed by atoms with Crippen LogP contribution in [0.4, 0.5) is 10.5 Å². The second-order valence-electron chi connectivity index (χ2n) is 8.40. The number of anilines is 1. The number of nitrogens with zero attached hydrogens (tertiary/aromatic N) is 1. The highest BCUT2D eigenvalue weighted by Crippen LogP contribution is 2.41. The molecule has 28 heavy (non-hydrogen) atoms. The van der Waals surface area contributed by atoms with E-state index < -0.39 is 34.4 Å². The van der Waals surface area contributed by atoms with E-state index in [1.54, 1.807) is 27.7 Å². The summed E-state index contributed by atoms with van der Waals surface area (Å²) in [6.07, 6.45) is -0.596. The molecule has 154 valence electrons. The Bertz CT molecular complexity index is 773. The standard InChI is InChI=1S/C20H29N3O4S/c1-12(23(7)18(26)27-19(2,3)4)16(24)22-15-17(25)21-13-10-8-9-11-14(13)28-20(15,5)6/h8-12,15H,1-7H3,(H,21,25)(H,22,24). The Hall–Kier alpha value is -2.22. The zero-order valence-corrected chi connectivity index (χ0v) is 18.3. The molecule has 1 heterocycles. The fraction of sp³-hybridized carbons (Fsp3) is 0.550. The average Bonchev–Trinajstić information content (AvgIpc) is 2.66. The number of para-hydroxylation sites is 1. The Morgan fingerprint density at radius 3 is 2.50 bits per heavy atom. The first-order chi connectivity index (χ1) is 12.8. The van der Waals surface area contributed by atoms with E-state index in [1.165, 1.54) is 23.7 Å². The minimum Gasteiger partial charge on any atom is -0.444 e. The molecule has 1 aromatic rings. The molecule has 1 aliphatic rings. The minimum atomic E-state index is -0.797. The molecule has 7 nitrogen and oxygen atoms in total. The number of carbonyl (C=O) groups is 3. The molecule has 2 atom stereocenters. The van der Waals surface area contributed by atoms with Crippen LogP contribution in [0.2, 0.25) is 0 Å². The first-order valence-corrected chi connectivity index (χ1v) is 9.98. The molecule has 0 spiro atoms. The molecule has 8 heteroatoms. The van der Waals surface area contributed by atoms with Gasteiger partial charge in [0.2, 0.25) is 11.8 Å². The van der Waals surface area contributed by atoms with E-state index in [-0.39, 0.29) is 5.91 Å². The largest absolute Gasteiger partial charge is 0.444 e. The van der Waals surface area contributed by atoms with Crippen molar-refractivity contribution >= 4 is 35.4 Å². The van der Waals surface area contributed by atoms with Crippen molar-refractivity contribution in [2.75, 3.05) is 12.4 Å². The number of rotatable bonds is 3. The molecule has 0 aliphatic carbocycles. The number of carbonyl (C=O) groups excluding carboxylic acids is 3. The van der Waals surface area contributed by atoms with E-state index in [1.807, 2.05) is 38.1 Å². The Morgan fingerprint density at radius 2 is 1.89 bits per heavy atom. The molecule has 0 saturated carbocycles. The number of fused-ring (bicyclic) bond motifs is 1. The Labute approximate surface area is 170 Å². The van der Waals surface area contributed by atoms with Crippen LogP contribution in [0.25, 0.3) is 0 Å². The highest BCUT2D eigenvalue weighted by molar-refractivity contribution is 8.01. The van der Waals surface area contributed by atoms with Crippen molar-refractivity contribution in [1.29, 1.82) is 0 Å². The third-order valence-corrected chi connectivity index (χ3v) is 5.74. The lowest BCUT2D eigenvalue weighted by molar-refractivity contribution is -0.130. The summed E-state index contributed by atoms with van der Waals surface area (Å²) in [6.45, 7) is 10.7. The molecule has 0 bridgehead atoms. The lowest BCUT2D eigenvalue weighted by Crippen LogP contribution is -2.58. The second-order valence-corrected chi connectivity index (χ2v) is 10.1. The smallest absolute Gasteiger partial charge is 0.410 e. The Balaban J connectivity index is 2.14. The van der Waals surface area contributed by atoms with Gasteiger partial charge < -0.3 is 15.4 Å². The molecule has 1 aliphatic heterocycles. The quantitative estimate of drug-likeness (QED) is 0.803. The van der Waals surface area contributed by atoms with Crippen molar-refractivity contribution in [3.63, 3.8) is 0 Å². The molecule has 0 saturated heterocycles. The molecular formula is C20H29N3O4S. The van der Waals surface area contributed by atoms with Crippen LogP contribution in [0.1, 0.15) is 41.5 Å². The van der Waals surface area contributed by atoms with Crippen LogP contribution in [0.5, 0.6) is 0 Å². The summed E-state index contributed by atoms with van der Waals surface area (Å²) in [6, 6.07) is 5.96. The summed E-state index contributed by atoms with van der Waals surface area (Å²) in [5.41, 5.74) is 0.0638. The van der Waals surface area contributed by atoms with E-state index in [9.17, 15) is 14.4 Å². The average molecular weight is 408 g/mol. The monoisotopic (exact) mass is 407 g/mol. The van der Waals surface area contributed by atoms with Crippen molar-refractivity contribution in [2.24, 2.45) is 0 Å². The van der Waals surface area contributed by atoms with Crippen LogP contribution < -0.4 is 10.6 Å². The first-order valence-electron chi connectivity index (χ1n) is 9.17. The van der Waals surface area contributed by atoms with Gasteiger partial charge in [0, 0.05) is 16.7 Å². The normalized spacial score (nSPS) is 19.5. The van der Waals surface area contributed by atoms with Crippen LogP contribution in [-0.2, 0) is 14.3 Å². The number of thioether (sulfide) groups is 1. The molecule has 1 aromatic carbocycles. The van der Waals surface area contributed by atoms with Gasteiger partial charge in [-0.05, 0) is 53.7 Å². The van der Waals surface area contributed by atoms with Gasteiger partial charge in [0.1, 0.15) is 17.7 Å². The highest BCUT2D eigenvalue weighted by atomic mass is 32.2. The number of benzene rings is 1. The number of nitrogens with one attached hydrogen (secondary N) is 2. The summed E-state index contributed by atoms with van der Waals surface area (Å²) in [5.74, 6) is -0.712. The van der Waals surface area contributed by atoms with Gasteiger partial charge >= 0.3 is 6.09 Å². The van der Waals surface area contributed by atoms with E-state index in [0.717, 1.165) is 10.6 Å². The van der Waals surface area contributed by atoms with Crippen LogP contribution in [0.15, 0.2) is 29.2 Å². The van der Waals surface area contributed by atoms with Gasteiger partial charge in [-0.2, -0.15) is 0 Å².